The number of hydrogen-bond donors (Lipinski definition) is 2. The van der Waals surface area contributed by atoms with Crippen LogP contribution in [0.25, 0.3) is 0 Å². The first kappa shape index (κ1) is 13.3. The zero-order chi connectivity index (χ0) is 12.3. The van der Waals surface area contributed by atoms with E-state index in [4.69, 9.17) is 5.73 Å². The molecular formula is C11H23N3O2S. The lowest BCUT2D eigenvalue weighted by atomic mass is 10.1. The second-order valence-corrected chi connectivity index (χ2v) is 7.01. The lowest BCUT2D eigenvalue weighted by Gasteiger charge is -2.26. The van der Waals surface area contributed by atoms with Crippen LogP contribution in [-0.4, -0.2) is 38.4 Å². The predicted octanol–water partition coefficient (Wildman–Crippen LogP) is 0.434. The van der Waals surface area contributed by atoms with E-state index >= 15 is 0 Å². The molecular weight excluding hydrogens is 238 g/mol. The fraction of sp³-hybridized carbons (Fsp3) is 1.00. The molecule has 1 saturated heterocycles. The number of nitrogens with one attached hydrogen (secondary N) is 1. The molecule has 1 saturated carbocycles. The number of piperidine rings is 1. The zero-order valence-corrected chi connectivity index (χ0v) is 11.1. The highest BCUT2D eigenvalue weighted by Gasteiger charge is 2.27. The Balaban J connectivity index is 1.80. The van der Waals surface area contributed by atoms with E-state index in [1.165, 1.54) is 0 Å². The predicted molar refractivity (Wildman–Crippen MR) is 67.7 cm³/mol. The van der Waals surface area contributed by atoms with Gasteiger partial charge >= 0.3 is 0 Å². The standard InChI is InChI=1S/C11H23N3O2S/c12-11-5-4-10(8-11)9-13-17(15,16)14-6-2-1-3-7-14/h10-11,13H,1-9,12H2. The SMILES string of the molecule is NC1CCC(CNS(=O)(=O)N2CCCCC2)C1. The Labute approximate surface area is 104 Å². The van der Waals surface area contributed by atoms with Crippen molar-refractivity contribution in [3.05, 3.63) is 0 Å². The lowest BCUT2D eigenvalue weighted by molar-refractivity contribution is 0.339. The van der Waals surface area contributed by atoms with E-state index in [1.807, 2.05) is 0 Å². The summed E-state index contributed by atoms with van der Waals surface area (Å²) in [6, 6.07) is 0.263. The van der Waals surface area contributed by atoms with Crippen LogP contribution >= 0.6 is 0 Å². The van der Waals surface area contributed by atoms with Crippen LogP contribution in [-0.2, 0) is 10.2 Å². The Morgan fingerprint density at radius 3 is 2.47 bits per heavy atom. The van der Waals surface area contributed by atoms with E-state index in [0.29, 0.717) is 25.6 Å². The van der Waals surface area contributed by atoms with Crippen molar-refractivity contribution >= 4 is 10.2 Å². The quantitative estimate of drug-likeness (QED) is 0.771. The molecule has 0 spiro atoms. The molecule has 1 heterocycles. The minimum Gasteiger partial charge on any atom is -0.328 e. The first-order valence-electron chi connectivity index (χ1n) is 6.58. The second kappa shape index (κ2) is 5.65. The Morgan fingerprint density at radius 1 is 1.18 bits per heavy atom. The topological polar surface area (TPSA) is 75.4 Å². The molecule has 0 aromatic carbocycles. The molecule has 0 aromatic rings. The normalized spacial score (nSPS) is 31.8. The van der Waals surface area contributed by atoms with Gasteiger partial charge in [-0.05, 0) is 38.0 Å². The van der Waals surface area contributed by atoms with Gasteiger partial charge in [0.15, 0.2) is 0 Å². The average molecular weight is 261 g/mol. The van der Waals surface area contributed by atoms with E-state index in [9.17, 15) is 8.42 Å². The van der Waals surface area contributed by atoms with Crippen LogP contribution in [0.2, 0.25) is 0 Å². The van der Waals surface area contributed by atoms with Crippen LogP contribution in [0.1, 0.15) is 38.5 Å². The maximum atomic E-state index is 12.0. The third-order valence-electron chi connectivity index (χ3n) is 3.79. The summed E-state index contributed by atoms with van der Waals surface area (Å²) in [5.41, 5.74) is 5.82. The van der Waals surface area contributed by atoms with Gasteiger partial charge in [-0.15, -0.1) is 0 Å². The molecule has 0 bridgehead atoms. The van der Waals surface area contributed by atoms with Crippen LogP contribution in [0.5, 0.6) is 0 Å². The number of nitrogens with zero attached hydrogens (tertiary/aromatic N) is 1. The molecule has 0 radical (unpaired) electrons. The summed E-state index contributed by atoms with van der Waals surface area (Å²) in [4.78, 5) is 0. The fourth-order valence-corrected chi connectivity index (χ4v) is 4.09. The number of rotatable bonds is 4. The molecule has 17 heavy (non-hydrogen) atoms. The van der Waals surface area contributed by atoms with Gasteiger partial charge in [0.2, 0.25) is 0 Å². The smallest absolute Gasteiger partial charge is 0.279 e. The van der Waals surface area contributed by atoms with Crippen LogP contribution in [0.3, 0.4) is 0 Å². The Hall–Kier alpha value is -0.170. The third kappa shape index (κ3) is 3.64. The van der Waals surface area contributed by atoms with Crippen LogP contribution in [0.15, 0.2) is 0 Å². The van der Waals surface area contributed by atoms with Crippen LogP contribution in [0.4, 0.5) is 0 Å². The van der Waals surface area contributed by atoms with E-state index in [-0.39, 0.29) is 6.04 Å². The van der Waals surface area contributed by atoms with Crippen molar-refractivity contribution in [1.29, 1.82) is 0 Å². The molecule has 100 valence electrons. The monoisotopic (exact) mass is 261 g/mol. The van der Waals surface area contributed by atoms with Crippen molar-refractivity contribution in [3.8, 4) is 0 Å². The highest BCUT2D eigenvalue weighted by Crippen LogP contribution is 2.23. The Morgan fingerprint density at radius 2 is 1.88 bits per heavy atom. The molecule has 3 N–H and O–H groups in total. The highest BCUT2D eigenvalue weighted by atomic mass is 32.2. The van der Waals surface area contributed by atoms with Crippen molar-refractivity contribution in [3.63, 3.8) is 0 Å². The van der Waals surface area contributed by atoms with E-state index in [0.717, 1.165) is 38.5 Å². The Kier molecular flexibility index (Phi) is 4.41. The highest BCUT2D eigenvalue weighted by molar-refractivity contribution is 7.87. The van der Waals surface area contributed by atoms with Gasteiger partial charge in [-0.25, -0.2) is 4.72 Å². The van der Waals surface area contributed by atoms with E-state index in [2.05, 4.69) is 4.72 Å². The summed E-state index contributed by atoms with van der Waals surface area (Å²) in [7, 11) is -3.25. The van der Waals surface area contributed by atoms with Gasteiger partial charge < -0.3 is 5.73 Å². The minimum absolute atomic E-state index is 0.263. The van der Waals surface area contributed by atoms with Crippen LogP contribution in [0, 0.1) is 5.92 Å². The lowest BCUT2D eigenvalue weighted by Crippen LogP contribution is -2.44. The molecule has 0 amide bonds. The first-order valence-corrected chi connectivity index (χ1v) is 8.02. The maximum Gasteiger partial charge on any atom is 0.279 e. The average Bonchev–Trinajstić information content (AvgIpc) is 2.74. The molecule has 1 aliphatic carbocycles. The van der Waals surface area contributed by atoms with Crippen molar-refractivity contribution in [2.24, 2.45) is 11.7 Å². The largest absolute Gasteiger partial charge is 0.328 e. The van der Waals surface area contributed by atoms with Crippen molar-refractivity contribution in [1.82, 2.24) is 9.03 Å². The minimum atomic E-state index is -3.25. The summed E-state index contributed by atoms with van der Waals surface area (Å²) in [5.74, 6) is 0.421. The summed E-state index contributed by atoms with van der Waals surface area (Å²) >= 11 is 0. The van der Waals surface area contributed by atoms with Gasteiger partial charge in [0, 0.05) is 25.7 Å². The van der Waals surface area contributed by atoms with Crippen molar-refractivity contribution in [2.45, 2.75) is 44.6 Å². The Bertz CT molecular complexity index is 339. The number of nitrogens with two attached hydrogens (primary N) is 1. The van der Waals surface area contributed by atoms with E-state index < -0.39 is 10.2 Å². The molecule has 0 aromatic heterocycles. The summed E-state index contributed by atoms with van der Waals surface area (Å²) in [6.45, 7) is 1.88. The summed E-state index contributed by atoms with van der Waals surface area (Å²) < 4.78 is 28.3. The molecule has 2 unspecified atom stereocenters. The molecule has 5 nitrogen and oxygen atoms in total. The van der Waals surface area contributed by atoms with Gasteiger partial charge in [0.05, 0.1) is 0 Å². The van der Waals surface area contributed by atoms with Gasteiger partial charge in [-0.3, -0.25) is 0 Å². The summed E-state index contributed by atoms with van der Waals surface area (Å²) in [5, 5.41) is 0. The van der Waals surface area contributed by atoms with E-state index in [1.54, 1.807) is 4.31 Å². The number of hydrogen-bond acceptors (Lipinski definition) is 3. The van der Waals surface area contributed by atoms with Crippen molar-refractivity contribution < 1.29 is 8.42 Å². The van der Waals surface area contributed by atoms with Gasteiger partial charge in [0.25, 0.3) is 10.2 Å². The molecule has 2 rings (SSSR count). The second-order valence-electron chi connectivity index (χ2n) is 5.25. The van der Waals surface area contributed by atoms with Crippen LogP contribution < -0.4 is 10.5 Å². The first-order chi connectivity index (χ1) is 8.08. The molecule has 1 aliphatic heterocycles. The fourth-order valence-electron chi connectivity index (χ4n) is 2.72. The molecule has 2 aliphatic rings. The van der Waals surface area contributed by atoms with Gasteiger partial charge in [-0.1, -0.05) is 6.42 Å². The maximum absolute atomic E-state index is 12.0. The molecule has 2 fully saturated rings. The zero-order valence-electron chi connectivity index (χ0n) is 10.3. The van der Waals surface area contributed by atoms with Gasteiger partial charge in [0.1, 0.15) is 0 Å². The molecule has 6 heteroatoms. The van der Waals surface area contributed by atoms with Gasteiger partial charge in [-0.2, -0.15) is 12.7 Å². The third-order valence-corrected chi connectivity index (χ3v) is 5.37. The summed E-state index contributed by atoms with van der Waals surface area (Å²) in [6.07, 6.45) is 6.12. The van der Waals surface area contributed by atoms with Crippen molar-refractivity contribution in [2.75, 3.05) is 19.6 Å². The molecule has 2 atom stereocenters.